The number of carbonyl (C=O) groups is 2. The summed E-state index contributed by atoms with van der Waals surface area (Å²) >= 11 is 0. The highest BCUT2D eigenvalue weighted by atomic mass is 16.5. The Morgan fingerprint density at radius 2 is 2.00 bits per heavy atom. The molecule has 0 bridgehead atoms. The van der Waals surface area contributed by atoms with Gasteiger partial charge in [-0.25, -0.2) is 9.78 Å². The van der Waals surface area contributed by atoms with E-state index in [4.69, 9.17) is 9.15 Å². The first-order chi connectivity index (χ1) is 16.0. The highest BCUT2D eigenvalue weighted by Gasteiger charge is 2.38. The minimum atomic E-state index is -1.18. The normalized spacial score (nSPS) is 12.4. The van der Waals surface area contributed by atoms with Crippen molar-refractivity contribution >= 4 is 17.7 Å². The van der Waals surface area contributed by atoms with Crippen molar-refractivity contribution in [2.24, 2.45) is 5.92 Å². The average molecular weight is 472 g/mol. The molecule has 3 aromatic rings. The largest absolute Gasteiger partial charge is 0.496 e. The second-order valence-electron chi connectivity index (χ2n) is 9.16. The number of anilines is 1. The topological polar surface area (TPSA) is 159 Å². The number of hydrogen-bond donors (Lipinski definition) is 3. The molecule has 0 spiro atoms. The van der Waals surface area contributed by atoms with Crippen LogP contribution in [0.4, 0.5) is 10.5 Å². The molecule has 0 aliphatic carbocycles. The molecule has 1 unspecified atom stereocenters. The number of aromatic nitrogens is 5. The van der Waals surface area contributed by atoms with E-state index in [1.807, 2.05) is 13.8 Å². The van der Waals surface area contributed by atoms with E-state index >= 15 is 0 Å². The number of oxazole rings is 1. The molecule has 0 radical (unpaired) electrons. The monoisotopic (exact) mass is 471 g/mol. The highest BCUT2D eigenvalue weighted by molar-refractivity contribution is 6.00. The summed E-state index contributed by atoms with van der Waals surface area (Å²) in [5.74, 6) is 0.669. The van der Waals surface area contributed by atoms with Crippen molar-refractivity contribution < 1.29 is 23.8 Å². The van der Waals surface area contributed by atoms with Crippen LogP contribution in [0.3, 0.4) is 0 Å². The van der Waals surface area contributed by atoms with Crippen LogP contribution >= 0.6 is 0 Å². The van der Waals surface area contributed by atoms with Crippen LogP contribution in [0.25, 0.3) is 22.7 Å². The highest BCUT2D eigenvalue weighted by Crippen LogP contribution is 2.38. The van der Waals surface area contributed by atoms with E-state index in [0.29, 0.717) is 34.7 Å². The van der Waals surface area contributed by atoms with Crippen LogP contribution in [-0.4, -0.2) is 66.3 Å². The molecule has 12 heteroatoms. The summed E-state index contributed by atoms with van der Waals surface area (Å²) in [5, 5.41) is 26.9. The zero-order chi connectivity index (χ0) is 25.0. The van der Waals surface area contributed by atoms with Gasteiger partial charge in [0.25, 0.3) is 0 Å². The van der Waals surface area contributed by atoms with E-state index in [9.17, 15) is 14.7 Å². The maximum Gasteiger partial charge on any atom is 0.408 e. The molecule has 2 amide bonds. The summed E-state index contributed by atoms with van der Waals surface area (Å²) in [6, 6.07) is 2.36. The zero-order valence-electron chi connectivity index (χ0n) is 20.0. The first-order valence-electron chi connectivity index (χ1n) is 10.7. The Kier molecular flexibility index (Phi) is 7.18. The lowest BCUT2D eigenvalue weighted by Crippen LogP contribution is -2.56. The molecule has 2 heterocycles. The van der Waals surface area contributed by atoms with E-state index in [1.165, 1.54) is 24.6 Å². The molecule has 1 atom stereocenters. The lowest BCUT2D eigenvalue weighted by atomic mass is 9.96. The van der Waals surface area contributed by atoms with Gasteiger partial charge in [-0.3, -0.25) is 9.69 Å². The summed E-state index contributed by atoms with van der Waals surface area (Å²) in [6.07, 6.45) is 1.98. The van der Waals surface area contributed by atoms with Crippen molar-refractivity contribution in [3.8, 4) is 28.5 Å². The molecule has 0 aliphatic heterocycles. The fraction of sp³-hybridized carbons (Fsp3) is 0.455. The first-order valence-corrected chi connectivity index (χ1v) is 10.7. The Bertz CT molecular complexity index is 1120. The summed E-state index contributed by atoms with van der Waals surface area (Å²) in [6.45, 7) is 9.12. The minimum Gasteiger partial charge on any atom is -0.496 e. The number of carbonyl (C=O) groups excluding carboxylic acids is 1. The van der Waals surface area contributed by atoms with Gasteiger partial charge < -0.3 is 19.6 Å². The number of H-pyrrole nitrogens is 1. The number of rotatable bonds is 8. The Labute approximate surface area is 196 Å². The third-order valence-corrected chi connectivity index (χ3v) is 5.12. The van der Waals surface area contributed by atoms with Gasteiger partial charge in [-0.2, -0.15) is 5.21 Å². The van der Waals surface area contributed by atoms with Gasteiger partial charge in [-0.15, -0.1) is 10.2 Å². The van der Waals surface area contributed by atoms with E-state index in [2.05, 4.69) is 30.9 Å². The molecule has 182 valence electrons. The maximum atomic E-state index is 13.5. The number of ether oxygens (including phenoxy) is 1. The molecule has 12 nitrogen and oxygen atoms in total. The molecule has 0 saturated carbocycles. The van der Waals surface area contributed by atoms with Gasteiger partial charge in [0.2, 0.25) is 11.7 Å². The summed E-state index contributed by atoms with van der Waals surface area (Å²) in [5.41, 5.74) is 0.542. The van der Waals surface area contributed by atoms with Crippen LogP contribution in [-0.2, 0) is 4.79 Å². The van der Waals surface area contributed by atoms with E-state index in [-0.39, 0.29) is 11.7 Å². The molecule has 0 aliphatic rings. The van der Waals surface area contributed by atoms with Crippen molar-refractivity contribution in [1.29, 1.82) is 0 Å². The fourth-order valence-electron chi connectivity index (χ4n) is 3.73. The summed E-state index contributed by atoms with van der Waals surface area (Å²) in [7, 11) is 1.49. The Hall–Kier alpha value is -3.96. The molecule has 3 N–H and O–H groups in total. The number of amides is 2. The van der Waals surface area contributed by atoms with Crippen molar-refractivity contribution in [1.82, 2.24) is 30.5 Å². The molecular weight excluding hydrogens is 442 g/mol. The fourth-order valence-corrected chi connectivity index (χ4v) is 3.73. The quantitative estimate of drug-likeness (QED) is 0.445. The molecule has 34 heavy (non-hydrogen) atoms. The summed E-state index contributed by atoms with van der Waals surface area (Å²) < 4.78 is 10.9. The van der Waals surface area contributed by atoms with Crippen LogP contribution in [0.15, 0.2) is 29.1 Å². The van der Waals surface area contributed by atoms with Crippen LogP contribution < -0.4 is 10.1 Å². The van der Waals surface area contributed by atoms with Gasteiger partial charge in [0.05, 0.1) is 24.6 Å². The first kappa shape index (κ1) is 24.7. The van der Waals surface area contributed by atoms with Crippen LogP contribution in [0, 0.1) is 5.92 Å². The average Bonchev–Trinajstić information content (AvgIpc) is 3.45. The van der Waals surface area contributed by atoms with E-state index < -0.39 is 23.6 Å². The van der Waals surface area contributed by atoms with Crippen LogP contribution in [0.1, 0.15) is 41.0 Å². The third-order valence-electron chi connectivity index (χ3n) is 5.12. The predicted octanol–water partition coefficient (Wildman–Crippen LogP) is 3.66. The van der Waals surface area contributed by atoms with Gasteiger partial charge in [0.1, 0.15) is 11.8 Å². The Morgan fingerprint density at radius 1 is 1.26 bits per heavy atom. The number of carboxylic acid groups (broad SMARTS) is 1. The summed E-state index contributed by atoms with van der Waals surface area (Å²) in [4.78, 5) is 30.8. The number of nitrogens with zero attached hydrogens (tertiary/aromatic N) is 5. The SMILES string of the molecule is COc1cc(NC(=O)C(CC(C)C)N(C(=O)O)C(C)(C)C)c(-c2nn[nH]n2)cc1-c1cnco1. The zero-order valence-corrected chi connectivity index (χ0v) is 20.0. The number of aromatic amines is 1. The van der Waals surface area contributed by atoms with Crippen molar-refractivity contribution in [2.45, 2.75) is 52.6 Å². The van der Waals surface area contributed by atoms with Gasteiger partial charge >= 0.3 is 6.09 Å². The lowest BCUT2D eigenvalue weighted by molar-refractivity contribution is -0.123. The number of nitrogens with one attached hydrogen (secondary N) is 2. The molecule has 0 fully saturated rings. The van der Waals surface area contributed by atoms with Gasteiger partial charge in [0.15, 0.2) is 12.2 Å². The van der Waals surface area contributed by atoms with Gasteiger partial charge in [-0.05, 0) is 44.4 Å². The number of tetrazole rings is 1. The Balaban J connectivity index is 2.09. The Morgan fingerprint density at radius 3 is 2.50 bits per heavy atom. The van der Waals surface area contributed by atoms with Crippen molar-refractivity contribution in [2.75, 3.05) is 12.4 Å². The second-order valence-corrected chi connectivity index (χ2v) is 9.16. The van der Waals surface area contributed by atoms with Crippen molar-refractivity contribution in [3.05, 3.63) is 24.7 Å². The molecule has 3 rings (SSSR count). The lowest BCUT2D eigenvalue weighted by Gasteiger charge is -2.39. The molecular formula is C22H29N7O5. The van der Waals surface area contributed by atoms with Gasteiger partial charge in [0, 0.05) is 17.2 Å². The standard InChI is InChI=1S/C22H29N7O5/c1-12(2)7-16(29(21(31)32)22(3,4)5)20(30)24-15-9-17(33-6)14(18-10-23-11-34-18)8-13(15)19-25-27-28-26-19/h8-12,16H,7H2,1-6H3,(H,24,30)(H,31,32)(H,25,26,27,28). The molecule has 1 aromatic carbocycles. The third kappa shape index (κ3) is 5.33. The van der Waals surface area contributed by atoms with Crippen LogP contribution in [0.2, 0.25) is 0 Å². The number of methoxy groups -OCH3 is 1. The number of hydrogen-bond acceptors (Lipinski definition) is 8. The second kappa shape index (κ2) is 9.89. The van der Waals surface area contributed by atoms with E-state index in [0.717, 1.165) is 0 Å². The number of benzene rings is 1. The molecule has 0 saturated heterocycles. The maximum absolute atomic E-state index is 13.5. The smallest absolute Gasteiger partial charge is 0.408 e. The van der Waals surface area contributed by atoms with Gasteiger partial charge in [-0.1, -0.05) is 13.8 Å². The minimum absolute atomic E-state index is 0.0694. The van der Waals surface area contributed by atoms with Crippen LogP contribution in [0.5, 0.6) is 5.75 Å². The molecule has 2 aromatic heterocycles. The predicted molar refractivity (Wildman–Crippen MR) is 123 cm³/mol. The van der Waals surface area contributed by atoms with E-state index in [1.54, 1.807) is 32.9 Å². The van der Waals surface area contributed by atoms with Crippen molar-refractivity contribution in [3.63, 3.8) is 0 Å².